The van der Waals surface area contributed by atoms with Gasteiger partial charge in [0.25, 0.3) is 0 Å². The molecule has 10 heteroatoms. The lowest BCUT2D eigenvalue weighted by atomic mass is 10.0. The first-order chi connectivity index (χ1) is 19.7. The fourth-order valence-electron chi connectivity index (χ4n) is 4.15. The lowest BCUT2D eigenvalue weighted by molar-refractivity contribution is -0.145. The number of benzene rings is 2. The van der Waals surface area contributed by atoms with Gasteiger partial charge >= 0.3 is 5.97 Å². The van der Waals surface area contributed by atoms with Crippen LogP contribution in [0.2, 0.25) is 0 Å². The number of hydrogen-bond acceptors (Lipinski definition) is 7. The van der Waals surface area contributed by atoms with Crippen molar-refractivity contribution in [2.24, 2.45) is 5.73 Å². The van der Waals surface area contributed by atoms with E-state index >= 15 is 0 Å². The van der Waals surface area contributed by atoms with E-state index in [2.05, 4.69) is 22.5 Å². The van der Waals surface area contributed by atoms with Gasteiger partial charge in [0.15, 0.2) is 0 Å². The lowest BCUT2D eigenvalue weighted by Gasteiger charge is -2.25. The Hall–Kier alpha value is -4.18. The van der Waals surface area contributed by atoms with Crippen LogP contribution >= 0.6 is 0 Å². The zero-order chi connectivity index (χ0) is 30.2. The molecule has 0 heterocycles. The van der Waals surface area contributed by atoms with Crippen molar-refractivity contribution >= 4 is 23.7 Å². The molecule has 2 aromatic carbocycles. The summed E-state index contributed by atoms with van der Waals surface area (Å²) in [6.45, 7) is 7.32. The van der Waals surface area contributed by atoms with Gasteiger partial charge in [0, 0.05) is 19.8 Å². The Balaban J connectivity index is 2.18. The van der Waals surface area contributed by atoms with Crippen LogP contribution in [-0.4, -0.2) is 61.6 Å². The molecule has 0 aliphatic carbocycles. The first-order valence-corrected chi connectivity index (χ1v) is 13.7. The molecule has 0 aliphatic heterocycles. The standard InChI is InChI=1S/C31H42N4O6/c1-5-21(2)41-25-16-14-24(15-17-25)19-27(33-22(3)36)30(38)34-26(13-9-10-18-32)29(37)35-28(31(39)40-4)20-23-11-7-6-8-12-23/h5-8,11-12,14-17,21,26-28H,1,9-10,13,18-20,32H2,2-4H3,(H,33,36)(H,34,38)(H,35,37)/t21-,26?,27+,28+/m1/s1. The average Bonchev–Trinajstić information content (AvgIpc) is 2.96. The number of carbonyl (C=O) groups is 4. The van der Waals surface area contributed by atoms with Gasteiger partial charge < -0.3 is 31.2 Å². The van der Waals surface area contributed by atoms with E-state index in [1.165, 1.54) is 14.0 Å². The number of ether oxygens (including phenoxy) is 2. The van der Waals surface area contributed by atoms with Crippen molar-refractivity contribution in [1.82, 2.24) is 16.0 Å². The molecule has 41 heavy (non-hydrogen) atoms. The van der Waals surface area contributed by atoms with Gasteiger partial charge in [-0.15, -0.1) is 0 Å². The topological polar surface area (TPSA) is 149 Å². The number of amides is 3. The molecule has 0 bridgehead atoms. The van der Waals surface area contributed by atoms with Crippen LogP contribution in [0.5, 0.6) is 5.75 Å². The van der Waals surface area contributed by atoms with Crippen LogP contribution < -0.4 is 26.4 Å². The summed E-state index contributed by atoms with van der Waals surface area (Å²) in [5, 5.41) is 8.19. The van der Waals surface area contributed by atoms with Gasteiger partial charge in [-0.05, 0) is 56.0 Å². The van der Waals surface area contributed by atoms with E-state index in [1.807, 2.05) is 49.4 Å². The highest BCUT2D eigenvalue weighted by Gasteiger charge is 2.30. The van der Waals surface area contributed by atoms with Crippen molar-refractivity contribution in [2.75, 3.05) is 13.7 Å². The highest BCUT2D eigenvalue weighted by molar-refractivity contribution is 5.93. The molecule has 0 aliphatic rings. The summed E-state index contributed by atoms with van der Waals surface area (Å²) < 4.78 is 10.6. The number of nitrogens with two attached hydrogens (primary N) is 1. The average molecular weight is 567 g/mol. The van der Waals surface area contributed by atoms with Crippen molar-refractivity contribution in [3.05, 3.63) is 78.4 Å². The summed E-state index contributed by atoms with van der Waals surface area (Å²) in [6, 6.07) is 13.6. The fourth-order valence-corrected chi connectivity index (χ4v) is 4.15. The van der Waals surface area contributed by atoms with E-state index in [4.69, 9.17) is 15.2 Å². The van der Waals surface area contributed by atoms with Crippen molar-refractivity contribution in [3.8, 4) is 5.75 Å². The highest BCUT2D eigenvalue weighted by Crippen LogP contribution is 2.16. The molecule has 2 aromatic rings. The van der Waals surface area contributed by atoms with Crippen LogP contribution in [0.25, 0.3) is 0 Å². The molecule has 10 nitrogen and oxygen atoms in total. The van der Waals surface area contributed by atoms with E-state index in [0.717, 1.165) is 11.1 Å². The van der Waals surface area contributed by atoms with Crippen LogP contribution in [0.1, 0.15) is 44.2 Å². The van der Waals surface area contributed by atoms with Gasteiger partial charge in [-0.25, -0.2) is 4.79 Å². The maximum Gasteiger partial charge on any atom is 0.328 e. The summed E-state index contributed by atoms with van der Waals surface area (Å²) in [5.74, 6) is -1.38. The van der Waals surface area contributed by atoms with Gasteiger partial charge in [0.2, 0.25) is 17.7 Å². The van der Waals surface area contributed by atoms with E-state index in [-0.39, 0.29) is 24.9 Å². The summed E-state index contributed by atoms with van der Waals surface area (Å²) in [6.07, 6.45) is 3.47. The SMILES string of the molecule is C=C[C@@H](C)Oc1ccc(C[C@H](NC(C)=O)C(=O)NC(CCCCN)C(=O)N[C@@H](Cc2ccccc2)C(=O)OC)cc1. The van der Waals surface area contributed by atoms with Gasteiger partial charge in [-0.2, -0.15) is 0 Å². The Kier molecular flexibility index (Phi) is 14.1. The normalized spacial score (nSPS) is 13.6. The number of carbonyl (C=O) groups excluding carboxylic acids is 4. The number of nitrogens with one attached hydrogen (secondary N) is 3. The van der Waals surface area contributed by atoms with Crippen molar-refractivity contribution in [2.45, 2.75) is 70.2 Å². The monoisotopic (exact) mass is 566 g/mol. The molecule has 0 fully saturated rings. The molecule has 1 unspecified atom stereocenters. The third-order valence-corrected chi connectivity index (χ3v) is 6.38. The third-order valence-electron chi connectivity index (χ3n) is 6.38. The third kappa shape index (κ3) is 11.8. The molecule has 4 atom stereocenters. The second-order valence-corrected chi connectivity index (χ2v) is 9.78. The zero-order valence-electron chi connectivity index (χ0n) is 24.1. The summed E-state index contributed by atoms with van der Waals surface area (Å²) >= 11 is 0. The summed E-state index contributed by atoms with van der Waals surface area (Å²) in [4.78, 5) is 51.2. The molecule has 3 amide bonds. The zero-order valence-corrected chi connectivity index (χ0v) is 24.1. The van der Waals surface area contributed by atoms with Crippen molar-refractivity contribution < 1.29 is 28.7 Å². The van der Waals surface area contributed by atoms with E-state index < -0.39 is 35.9 Å². The minimum absolute atomic E-state index is 0.160. The second kappa shape index (κ2) is 17.5. The number of esters is 1. The molecule has 0 spiro atoms. The van der Waals surface area contributed by atoms with Crippen LogP contribution in [0.4, 0.5) is 0 Å². The lowest BCUT2D eigenvalue weighted by Crippen LogP contribution is -2.56. The minimum atomic E-state index is -0.954. The predicted molar refractivity (Wildman–Crippen MR) is 157 cm³/mol. The van der Waals surface area contributed by atoms with E-state index in [9.17, 15) is 19.2 Å². The quantitative estimate of drug-likeness (QED) is 0.130. The number of rotatable bonds is 17. The molecule has 2 rings (SSSR count). The molecule has 0 aromatic heterocycles. The molecule has 5 N–H and O–H groups in total. The first-order valence-electron chi connectivity index (χ1n) is 13.7. The molecular formula is C31H42N4O6. The maximum atomic E-state index is 13.4. The number of methoxy groups -OCH3 is 1. The smallest absolute Gasteiger partial charge is 0.328 e. The van der Waals surface area contributed by atoms with E-state index in [1.54, 1.807) is 18.2 Å². The summed E-state index contributed by atoms with van der Waals surface area (Å²) in [5.41, 5.74) is 7.27. The van der Waals surface area contributed by atoms with Gasteiger partial charge in [-0.1, -0.05) is 55.1 Å². The van der Waals surface area contributed by atoms with Crippen LogP contribution in [0, 0.1) is 0 Å². The second-order valence-electron chi connectivity index (χ2n) is 9.78. The highest BCUT2D eigenvalue weighted by atomic mass is 16.5. The van der Waals surface area contributed by atoms with E-state index in [0.29, 0.717) is 31.6 Å². The van der Waals surface area contributed by atoms with Gasteiger partial charge in [0.05, 0.1) is 7.11 Å². The Morgan fingerprint density at radius 3 is 2.02 bits per heavy atom. The molecule has 222 valence electrons. The Morgan fingerprint density at radius 2 is 1.44 bits per heavy atom. The maximum absolute atomic E-state index is 13.4. The van der Waals surface area contributed by atoms with Gasteiger partial charge in [-0.3, -0.25) is 14.4 Å². The van der Waals surface area contributed by atoms with Crippen molar-refractivity contribution in [3.63, 3.8) is 0 Å². The molecule has 0 saturated carbocycles. The Bertz CT molecular complexity index is 1140. The fraction of sp³-hybridized carbons (Fsp3) is 0.419. The first kappa shape index (κ1) is 33.0. The molecule has 0 saturated heterocycles. The van der Waals surface area contributed by atoms with Crippen LogP contribution in [0.15, 0.2) is 67.3 Å². The summed E-state index contributed by atoms with van der Waals surface area (Å²) in [7, 11) is 1.25. The minimum Gasteiger partial charge on any atom is -0.487 e. The number of hydrogen-bond donors (Lipinski definition) is 4. The predicted octanol–water partition coefficient (Wildman–Crippen LogP) is 2.20. The largest absolute Gasteiger partial charge is 0.487 e. The van der Waals surface area contributed by atoms with Crippen LogP contribution in [-0.2, 0) is 36.8 Å². The Morgan fingerprint density at radius 1 is 0.854 bits per heavy atom. The van der Waals surface area contributed by atoms with Gasteiger partial charge in [0.1, 0.15) is 30.0 Å². The molecule has 0 radical (unpaired) electrons. The van der Waals surface area contributed by atoms with Crippen molar-refractivity contribution in [1.29, 1.82) is 0 Å². The molecular weight excluding hydrogens is 524 g/mol. The Labute approximate surface area is 242 Å². The number of unbranched alkanes of at least 4 members (excludes halogenated alkanes) is 1. The van der Waals surface area contributed by atoms with Crippen LogP contribution in [0.3, 0.4) is 0 Å².